The molecule has 1 atom stereocenters. The van der Waals surface area contributed by atoms with Gasteiger partial charge in [0.05, 0.1) is 11.1 Å². The number of benzene rings is 2. The highest BCUT2D eigenvalue weighted by Gasteiger charge is 2.36. The summed E-state index contributed by atoms with van der Waals surface area (Å²) in [5.74, 6) is -0.852. The normalized spacial score (nSPS) is 13.5. The molecule has 0 aliphatic carbocycles. The van der Waals surface area contributed by atoms with Crippen LogP contribution >= 0.6 is 11.8 Å². The van der Waals surface area contributed by atoms with Crippen molar-refractivity contribution in [1.29, 1.82) is 0 Å². The molecule has 2 rings (SSSR count). The van der Waals surface area contributed by atoms with Gasteiger partial charge >= 0.3 is 12.4 Å². The Bertz CT molecular complexity index is 930. The number of carbonyl (C=O) groups is 1. The van der Waals surface area contributed by atoms with Gasteiger partial charge in [0.25, 0.3) is 0 Å². The van der Waals surface area contributed by atoms with Gasteiger partial charge in [-0.25, -0.2) is 0 Å². The Labute approximate surface area is 194 Å². The maximum Gasteiger partial charge on any atom is 0.416 e. The van der Waals surface area contributed by atoms with Crippen LogP contribution in [0.15, 0.2) is 53.4 Å². The zero-order valence-corrected chi connectivity index (χ0v) is 19.2. The van der Waals surface area contributed by atoms with Crippen molar-refractivity contribution in [3.63, 3.8) is 0 Å². The highest BCUT2D eigenvalue weighted by molar-refractivity contribution is 7.98. The van der Waals surface area contributed by atoms with E-state index in [0.29, 0.717) is 24.1 Å². The Balaban J connectivity index is 2.42. The predicted molar refractivity (Wildman–Crippen MR) is 120 cm³/mol. The molecule has 0 amide bonds. The molecule has 2 aromatic rings. The van der Waals surface area contributed by atoms with E-state index in [4.69, 9.17) is 0 Å². The summed E-state index contributed by atoms with van der Waals surface area (Å²) in [5.41, 5.74) is -2.51. The molecule has 0 aliphatic heterocycles. The number of Topliss-reactive ketones (excluding diaryl/α,β-unsaturated/α-hetero) is 1. The number of alkyl halides is 6. The molecular weight excluding hydrogens is 462 g/mol. The summed E-state index contributed by atoms with van der Waals surface area (Å²) in [4.78, 5) is 14.0. The van der Waals surface area contributed by atoms with E-state index in [1.54, 1.807) is 24.3 Å². The number of unbranched alkanes of at least 4 members (excludes halogenated alkanes) is 3. The van der Waals surface area contributed by atoms with Crippen LogP contribution in [0.4, 0.5) is 26.3 Å². The molecule has 0 heterocycles. The van der Waals surface area contributed by atoms with Crippen LogP contribution in [0.25, 0.3) is 6.08 Å². The molecule has 0 unspecified atom stereocenters. The average molecular weight is 489 g/mol. The Kier molecular flexibility index (Phi) is 9.64. The summed E-state index contributed by atoms with van der Waals surface area (Å²) in [6.45, 7) is 2.04. The van der Waals surface area contributed by atoms with E-state index in [-0.39, 0.29) is 17.4 Å². The van der Waals surface area contributed by atoms with Gasteiger partial charge in [-0.2, -0.15) is 26.3 Å². The monoisotopic (exact) mass is 488 g/mol. The first-order valence-corrected chi connectivity index (χ1v) is 11.8. The zero-order chi connectivity index (χ0) is 24.6. The lowest BCUT2D eigenvalue weighted by Gasteiger charge is -2.15. The van der Waals surface area contributed by atoms with Gasteiger partial charge in [-0.05, 0) is 42.5 Å². The lowest BCUT2D eigenvalue weighted by molar-refractivity contribution is -0.143. The van der Waals surface area contributed by atoms with Crippen molar-refractivity contribution in [2.45, 2.75) is 56.3 Å². The molecule has 0 spiro atoms. The zero-order valence-electron chi connectivity index (χ0n) is 18.4. The summed E-state index contributed by atoms with van der Waals surface area (Å²) in [6, 6.07) is 8.45. The van der Waals surface area contributed by atoms with Crippen molar-refractivity contribution in [2.24, 2.45) is 5.92 Å². The molecule has 0 aromatic heterocycles. The summed E-state index contributed by atoms with van der Waals surface area (Å²) < 4.78 is 79.0. The minimum Gasteiger partial charge on any atom is -0.293 e. The smallest absolute Gasteiger partial charge is 0.293 e. The molecule has 0 aliphatic rings. The second-order valence-corrected chi connectivity index (χ2v) is 8.57. The summed E-state index contributed by atoms with van der Waals surface area (Å²) in [5, 5.41) is 0. The topological polar surface area (TPSA) is 17.1 Å². The molecule has 0 N–H and O–H groups in total. The van der Waals surface area contributed by atoms with Gasteiger partial charge in [0.1, 0.15) is 0 Å². The van der Waals surface area contributed by atoms with E-state index in [1.165, 1.54) is 23.9 Å². The molecule has 180 valence electrons. The molecule has 1 nitrogen and oxygen atoms in total. The number of thioether (sulfide) groups is 1. The third kappa shape index (κ3) is 7.95. The number of rotatable bonds is 10. The van der Waals surface area contributed by atoms with Crippen LogP contribution in [-0.2, 0) is 12.4 Å². The van der Waals surface area contributed by atoms with E-state index >= 15 is 0 Å². The van der Waals surface area contributed by atoms with Gasteiger partial charge in [0.15, 0.2) is 5.78 Å². The molecule has 0 fully saturated rings. The standard InChI is InChI=1S/C25H26F6OS/c1-3-4-5-6-9-18(23(32)21-10-7-8-11-22(21)33-2)13-12-17-14-19(24(26,27)28)16-20(15-17)25(29,30)31/h7-8,10-16,18H,3-6,9H2,1-2H3/b13-12+/t18-/m0/s1. The Hall–Kier alpha value is -2.22. The first-order chi connectivity index (χ1) is 15.5. The van der Waals surface area contributed by atoms with Crippen LogP contribution in [0.2, 0.25) is 0 Å². The highest BCUT2D eigenvalue weighted by atomic mass is 32.2. The van der Waals surface area contributed by atoms with Gasteiger partial charge in [-0.3, -0.25) is 4.79 Å². The number of hydrogen-bond acceptors (Lipinski definition) is 2. The van der Waals surface area contributed by atoms with Crippen molar-refractivity contribution in [3.05, 3.63) is 70.8 Å². The van der Waals surface area contributed by atoms with Crippen molar-refractivity contribution in [2.75, 3.05) is 6.26 Å². The van der Waals surface area contributed by atoms with E-state index in [2.05, 4.69) is 0 Å². The molecule has 0 saturated carbocycles. The molecule has 2 aromatic carbocycles. The SMILES string of the molecule is CCCCCC[C@@H](/C=C/c1cc(C(F)(F)F)cc(C(F)(F)F)c1)C(=O)c1ccccc1SC. The lowest BCUT2D eigenvalue weighted by Crippen LogP contribution is -2.14. The van der Waals surface area contributed by atoms with Crippen LogP contribution in [0.1, 0.15) is 66.1 Å². The highest BCUT2D eigenvalue weighted by Crippen LogP contribution is 2.37. The number of allylic oxidation sites excluding steroid dienone is 1. The summed E-state index contributed by atoms with van der Waals surface area (Å²) in [6.07, 6.45) is -1.33. The largest absolute Gasteiger partial charge is 0.416 e. The fraction of sp³-hybridized carbons (Fsp3) is 0.400. The minimum absolute atomic E-state index is 0.0967. The van der Waals surface area contributed by atoms with E-state index in [9.17, 15) is 31.1 Å². The average Bonchev–Trinajstić information content (AvgIpc) is 2.76. The molecule has 33 heavy (non-hydrogen) atoms. The summed E-state index contributed by atoms with van der Waals surface area (Å²) in [7, 11) is 0. The maximum absolute atomic E-state index is 13.2. The lowest BCUT2D eigenvalue weighted by atomic mass is 9.91. The van der Waals surface area contributed by atoms with Crippen molar-refractivity contribution >= 4 is 23.6 Å². The third-order valence-electron chi connectivity index (χ3n) is 5.21. The maximum atomic E-state index is 13.2. The van der Waals surface area contributed by atoms with Crippen molar-refractivity contribution in [3.8, 4) is 0 Å². The van der Waals surface area contributed by atoms with Gasteiger partial charge in [0, 0.05) is 16.4 Å². The fourth-order valence-electron chi connectivity index (χ4n) is 3.46. The quantitative estimate of drug-likeness (QED) is 0.144. The van der Waals surface area contributed by atoms with Crippen molar-refractivity contribution in [1.82, 2.24) is 0 Å². The molecular formula is C25H26F6OS. The first-order valence-electron chi connectivity index (χ1n) is 10.6. The van der Waals surface area contributed by atoms with Crippen molar-refractivity contribution < 1.29 is 31.1 Å². The summed E-state index contributed by atoms with van der Waals surface area (Å²) >= 11 is 1.40. The second-order valence-electron chi connectivity index (χ2n) is 7.72. The van der Waals surface area contributed by atoms with Gasteiger partial charge in [-0.1, -0.05) is 63.0 Å². The number of ketones is 1. The van der Waals surface area contributed by atoms with Crippen LogP contribution in [0.3, 0.4) is 0 Å². The fourth-order valence-corrected chi connectivity index (χ4v) is 4.06. The molecule has 8 heteroatoms. The Morgan fingerprint density at radius 1 is 0.939 bits per heavy atom. The van der Waals surface area contributed by atoms with Crippen LogP contribution < -0.4 is 0 Å². The van der Waals surface area contributed by atoms with Crippen LogP contribution in [-0.4, -0.2) is 12.0 Å². The predicted octanol–water partition coefficient (Wildman–Crippen LogP) is 8.93. The Morgan fingerprint density at radius 3 is 2.09 bits per heavy atom. The van der Waals surface area contributed by atoms with Gasteiger partial charge in [0.2, 0.25) is 0 Å². The van der Waals surface area contributed by atoms with Gasteiger partial charge in [-0.15, -0.1) is 11.8 Å². The molecule has 0 saturated heterocycles. The second kappa shape index (κ2) is 11.8. The molecule has 0 radical (unpaired) electrons. The number of hydrogen-bond donors (Lipinski definition) is 0. The first kappa shape index (κ1) is 27.0. The number of carbonyl (C=O) groups excluding carboxylic acids is 1. The molecule has 0 bridgehead atoms. The van der Waals surface area contributed by atoms with E-state index in [1.807, 2.05) is 13.2 Å². The third-order valence-corrected chi connectivity index (χ3v) is 6.00. The number of halogens is 6. The van der Waals surface area contributed by atoms with E-state index < -0.39 is 29.4 Å². The van der Waals surface area contributed by atoms with Gasteiger partial charge < -0.3 is 0 Å². The van der Waals surface area contributed by atoms with E-state index in [0.717, 1.165) is 30.6 Å². The van der Waals surface area contributed by atoms with Crippen LogP contribution in [0, 0.1) is 5.92 Å². The van der Waals surface area contributed by atoms with Crippen LogP contribution in [0.5, 0.6) is 0 Å². The Morgan fingerprint density at radius 2 is 1.55 bits per heavy atom. The minimum atomic E-state index is -4.92.